The molecule has 120 valence electrons. The van der Waals surface area contributed by atoms with E-state index >= 15 is 0 Å². The van der Waals surface area contributed by atoms with E-state index in [-0.39, 0.29) is 11.9 Å². The molecule has 4 atom stereocenters. The Kier molecular flexibility index (Phi) is 5.31. The maximum Gasteiger partial charge on any atom is 0.332 e. The maximum absolute atomic E-state index is 12.1. The minimum absolute atomic E-state index is 0.237. The number of carbonyl (C=O) groups excluding carboxylic acids is 1. The Hall–Kier alpha value is -1.73. The lowest BCUT2D eigenvalue weighted by Crippen LogP contribution is -2.37. The van der Waals surface area contributed by atoms with Gasteiger partial charge in [0.2, 0.25) is 5.91 Å². The zero-order chi connectivity index (χ0) is 16.3. The number of carbonyl (C=O) groups is 2. The van der Waals surface area contributed by atoms with Gasteiger partial charge in [-0.05, 0) is 37.5 Å². The third kappa shape index (κ3) is 3.92. The van der Waals surface area contributed by atoms with Crippen LogP contribution < -0.4 is 5.32 Å². The van der Waals surface area contributed by atoms with Gasteiger partial charge in [0.1, 0.15) is 6.10 Å². The SMILES string of the molecule is CC(NC(=O)[C@@H]1CC[C@H](C(=O)O)O1)c1ccc(S(C)=O)cc1. The molecule has 1 heterocycles. The van der Waals surface area contributed by atoms with Crippen LogP contribution in [0.1, 0.15) is 31.4 Å². The van der Waals surface area contributed by atoms with Crippen molar-refractivity contribution < 1.29 is 23.6 Å². The molecule has 0 spiro atoms. The van der Waals surface area contributed by atoms with Crippen molar-refractivity contribution in [2.24, 2.45) is 0 Å². The number of hydrogen-bond acceptors (Lipinski definition) is 4. The number of aliphatic carboxylic acids is 1. The number of ether oxygens (including phenoxy) is 1. The van der Waals surface area contributed by atoms with E-state index in [9.17, 15) is 13.8 Å². The lowest BCUT2D eigenvalue weighted by Gasteiger charge is -2.18. The van der Waals surface area contributed by atoms with E-state index in [1.54, 1.807) is 18.4 Å². The summed E-state index contributed by atoms with van der Waals surface area (Å²) in [5.74, 6) is -1.34. The minimum Gasteiger partial charge on any atom is -0.479 e. The highest BCUT2D eigenvalue weighted by molar-refractivity contribution is 7.84. The quantitative estimate of drug-likeness (QED) is 0.849. The Morgan fingerprint density at radius 2 is 1.86 bits per heavy atom. The Bertz CT molecular complexity index is 586. The van der Waals surface area contributed by atoms with Crippen LogP contribution in [0.15, 0.2) is 29.2 Å². The Labute approximate surface area is 131 Å². The zero-order valence-corrected chi connectivity index (χ0v) is 13.3. The topological polar surface area (TPSA) is 92.7 Å². The fraction of sp³-hybridized carbons (Fsp3) is 0.467. The fourth-order valence-corrected chi connectivity index (χ4v) is 2.87. The second-order valence-electron chi connectivity index (χ2n) is 5.28. The van der Waals surface area contributed by atoms with E-state index in [1.165, 1.54) is 0 Å². The summed E-state index contributed by atoms with van der Waals surface area (Å²) in [6, 6.07) is 6.93. The van der Waals surface area contributed by atoms with Crippen molar-refractivity contribution in [3.63, 3.8) is 0 Å². The number of benzene rings is 1. The highest BCUT2D eigenvalue weighted by Crippen LogP contribution is 2.21. The van der Waals surface area contributed by atoms with Gasteiger partial charge >= 0.3 is 5.97 Å². The van der Waals surface area contributed by atoms with Crippen LogP contribution in [-0.2, 0) is 25.1 Å². The third-order valence-electron chi connectivity index (χ3n) is 3.66. The zero-order valence-electron chi connectivity index (χ0n) is 12.4. The minimum atomic E-state index is -1.04. The van der Waals surface area contributed by atoms with Crippen molar-refractivity contribution in [3.05, 3.63) is 29.8 Å². The van der Waals surface area contributed by atoms with E-state index in [0.717, 1.165) is 10.5 Å². The summed E-state index contributed by atoms with van der Waals surface area (Å²) in [5, 5.41) is 11.7. The van der Waals surface area contributed by atoms with Gasteiger partial charge in [0.25, 0.3) is 0 Å². The molecule has 1 amide bonds. The van der Waals surface area contributed by atoms with Crippen LogP contribution in [0, 0.1) is 0 Å². The molecule has 2 rings (SSSR count). The molecule has 0 aliphatic carbocycles. The molecular weight excluding hydrogens is 306 g/mol. The molecule has 2 unspecified atom stereocenters. The molecule has 1 aliphatic heterocycles. The summed E-state index contributed by atoms with van der Waals surface area (Å²) >= 11 is 0. The van der Waals surface area contributed by atoms with Crippen LogP contribution >= 0.6 is 0 Å². The standard InChI is InChI=1S/C15H19NO5S/c1-9(10-3-5-11(6-4-10)22(2)20)16-14(17)12-7-8-13(21-12)15(18)19/h3-6,9,12-13H,7-8H2,1-2H3,(H,16,17)(H,18,19)/t9?,12-,13+,22?/m0/s1. The molecule has 1 saturated heterocycles. The number of hydrogen-bond donors (Lipinski definition) is 2. The summed E-state index contributed by atoms with van der Waals surface area (Å²) in [7, 11) is -1.03. The third-order valence-corrected chi connectivity index (χ3v) is 4.59. The van der Waals surface area contributed by atoms with Crippen LogP contribution in [0.4, 0.5) is 0 Å². The predicted molar refractivity (Wildman–Crippen MR) is 80.9 cm³/mol. The first-order valence-electron chi connectivity index (χ1n) is 7.00. The monoisotopic (exact) mass is 325 g/mol. The molecular formula is C15H19NO5S. The van der Waals surface area contributed by atoms with Crippen molar-refractivity contribution >= 4 is 22.7 Å². The molecule has 22 heavy (non-hydrogen) atoms. The van der Waals surface area contributed by atoms with Gasteiger partial charge in [-0.15, -0.1) is 0 Å². The van der Waals surface area contributed by atoms with Crippen molar-refractivity contribution in [2.45, 2.75) is 42.9 Å². The molecule has 1 aliphatic rings. The van der Waals surface area contributed by atoms with Gasteiger partial charge in [-0.3, -0.25) is 9.00 Å². The van der Waals surface area contributed by atoms with E-state index < -0.39 is 29.0 Å². The van der Waals surface area contributed by atoms with Crippen molar-refractivity contribution in [3.8, 4) is 0 Å². The summed E-state index contributed by atoms with van der Waals surface area (Å²) in [6.07, 6.45) is 0.745. The van der Waals surface area contributed by atoms with Gasteiger partial charge in [0.15, 0.2) is 6.10 Å². The summed E-state index contributed by atoms with van der Waals surface area (Å²) in [4.78, 5) is 23.6. The Morgan fingerprint density at radius 1 is 1.27 bits per heavy atom. The number of amides is 1. The molecule has 1 aromatic rings. The van der Waals surface area contributed by atoms with Crippen molar-refractivity contribution in [2.75, 3.05) is 6.26 Å². The maximum atomic E-state index is 12.1. The summed E-state index contributed by atoms with van der Waals surface area (Å²) in [5.41, 5.74) is 0.885. The molecule has 0 radical (unpaired) electrons. The number of carboxylic acids is 1. The first kappa shape index (κ1) is 16.6. The van der Waals surface area contributed by atoms with E-state index in [2.05, 4.69) is 5.32 Å². The highest BCUT2D eigenvalue weighted by atomic mass is 32.2. The van der Waals surface area contributed by atoms with Gasteiger partial charge in [-0.1, -0.05) is 12.1 Å². The molecule has 1 fully saturated rings. The number of nitrogens with one attached hydrogen (secondary N) is 1. The molecule has 1 aromatic carbocycles. The largest absolute Gasteiger partial charge is 0.479 e. The average Bonchev–Trinajstić information content (AvgIpc) is 2.97. The van der Waals surface area contributed by atoms with Crippen molar-refractivity contribution in [1.29, 1.82) is 0 Å². The molecule has 0 saturated carbocycles. The van der Waals surface area contributed by atoms with E-state index in [4.69, 9.17) is 9.84 Å². The lowest BCUT2D eigenvalue weighted by molar-refractivity contribution is -0.151. The first-order valence-corrected chi connectivity index (χ1v) is 8.56. The van der Waals surface area contributed by atoms with Gasteiger partial charge in [0.05, 0.1) is 6.04 Å². The Morgan fingerprint density at radius 3 is 2.36 bits per heavy atom. The molecule has 0 aromatic heterocycles. The van der Waals surface area contributed by atoms with Crippen molar-refractivity contribution in [1.82, 2.24) is 5.32 Å². The lowest BCUT2D eigenvalue weighted by atomic mass is 10.1. The van der Waals surface area contributed by atoms with Gasteiger partial charge in [-0.2, -0.15) is 0 Å². The second-order valence-corrected chi connectivity index (χ2v) is 6.66. The molecule has 7 heteroatoms. The summed E-state index contributed by atoms with van der Waals surface area (Å²) < 4.78 is 16.6. The number of rotatable bonds is 5. The van der Waals surface area contributed by atoms with E-state index in [0.29, 0.717) is 12.8 Å². The van der Waals surface area contributed by atoms with Crippen LogP contribution in [-0.4, -0.2) is 39.7 Å². The smallest absolute Gasteiger partial charge is 0.332 e. The van der Waals surface area contributed by atoms with Gasteiger partial charge < -0.3 is 15.2 Å². The molecule has 2 N–H and O–H groups in total. The predicted octanol–water partition coefficient (Wildman–Crippen LogP) is 1.23. The van der Waals surface area contributed by atoms with E-state index in [1.807, 2.05) is 19.1 Å². The van der Waals surface area contributed by atoms with Crippen LogP contribution in [0.2, 0.25) is 0 Å². The van der Waals surface area contributed by atoms with Crippen LogP contribution in [0.3, 0.4) is 0 Å². The van der Waals surface area contributed by atoms with Gasteiger partial charge in [-0.25, -0.2) is 4.79 Å². The molecule has 0 bridgehead atoms. The normalized spacial score (nSPS) is 23.7. The second kappa shape index (κ2) is 7.02. The summed E-state index contributed by atoms with van der Waals surface area (Å²) in [6.45, 7) is 1.83. The number of carboxylic acid groups (broad SMARTS) is 1. The molecule has 6 nitrogen and oxygen atoms in total. The fourth-order valence-electron chi connectivity index (χ4n) is 2.35. The first-order chi connectivity index (χ1) is 10.4. The van der Waals surface area contributed by atoms with Crippen LogP contribution in [0.25, 0.3) is 0 Å². The van der Waals surface area contributed by atoms with Crippen LogP contribution in [0.5, 0.6) is 0 Å². The average molecular weight is 325 g/mol. The van der Waals surface area contributed by atoms with Gasteiger partial charge in [0, 0.05) is 22.0 Å². The highest BCUT2D eigenvalue weighted by Gasteiger charge is 2.35. The Balaban J connectivity index is 1.94.